The van der Waals surface area contributed by atoms with E-state index in [-0.39, 0.29) is 5.91 Å². The molecule has 0 saturated carbocycles. The summed E-state index contributed by atoms with van der Waals surface area (Å²) < 4.78 is 0. The molecule has 0 aliphatic carbocycles. The molecule has 0 spiro atoms. The van der Waals surface area contributed by atoms with E-state index in [4.69, 9.17) is 0 Å². The lowest BCUT2D eigenvalue weighted by atomic mass is 9.99. The lowest BCUT2D eigenvalue weighted by molar-refractivity contribution is 0.0946. The van der Waals surface area contributed by atoms with Crippen molar-refractivity contribution in [1.82, 2.24) is 10.3 Å². The summed E-state index contributed by atoms with van der Waals surface area (Å²) in [7, 11) is 1.81. The molecule has 0 saturated heterocycles. The number of rotatable bonds is 8. The maximum atomic E-state index is 12.1. The standard InChI is InChI=1S/C15H25N3O/c1-4-6-7-12(5-2)10-18-15(19)13-11-17-9-8-14(13)16-3/h8-9,11-12H,4-7,10H2,1-3H3,(H,16,17)(H,18,19). The minimum atomic E-state index is -0.0487. The Balaban J connectivity index is 2.54. The van der Waals surface area contributed by atoms with Crippen LogP contribution >= 0.6 is 0 Å². The molecule has 1 heterocycles. The first-order valence-electron chi connectivity index (χ1n) is 7.12. The van der Waals surface area contributed by atoms with Crippen molar-refractivity contribution in [1.29, 1.82) is 0 Å². The SMILES string of the molecule is CCCCC(CC)CNC(=O)c1cnccc1NC. The quantitative estimate of drug-likeness (QED) is 0.758. The normalized spacial score (nSPS) is 11.9. The van der Waals surface area contributed by atoms with Crippen LogP contribution in [0, 0.1) is 5.92 Å². The van der Waals surface area contributed by atoms with Crippen LogP contribution in [0.2, 0.25) is 0 Å². The van der Waals surface area contributed by atoms with E-state index in [0.717, 1.165) is 18.7 Å². The fourth-order valence-corrected chi connectivity index (χ4v) is 2.07. The molecule has 0 radical (unpaired) electrons. The Morgan fingerprint density at radius 3 is 2.84 bits per heavy atom. The lowest BCUT2D eigenvalue weighted by Crippen LogP contribution is -2.29. The third-order valence-corrected chi connectivity index (χ3v) is 3.43. The fourth-order valence-electron chi connectivity index (χ4n) is 2.07. The van der Waals surface area contributed by atoms with Crippen LogP contribution in [-0.4, -0.2) is 24.5 Å². The Kier molecular flexibility index (Phi) is 6.93. The van der Waals surface area contributed by atoms with Crippen LogP contribution in [0.15, 0.2) is 18.5 Å². The van der Waals surface area contributed by atoms with Crippen molar-refractivity contribution in [2.75, 3.05) is 18.9 Å². The van der Waals surface area contributed by atoms with Crippen LogP contribution in [0.25, 0.3) is 0 Å². The molecule has 4 nitrogen and oxygen atoms in total. The Bertz CT molecular complexity index is 393. The van der Waals surface area contributed by atoms with Gasteiger partial charge in [-0.1, -0.05) is 33.1 Å². The molecular weight excluding hydrogens is 238 g/mol. The summed E-state index contributed by atoms with van der Waals surface area (Å²) in [5.41, 5.74) is 1.42. The highest BCUT2D eigenvalue weighted by atomic mass is 16.1. The highest BCUT2D eigenvalue weighted by Crippen LogP contribution is 2.14. The highest BCUT2D eigenvalue weighted by Gasteiger charge is 2.12. The molecule has 0 aliphatic rings. The van der Waals surface area contributed by atoms with Crippen molar-refractivity contribution >= 4 is 11.6 Å². The van der Waals surface area contributed by atoms with Gasteiger partial charge in [0, 0.05) is 31.7 Å². The van der Waals surface area contributed by atoms with Crippen molar-refractivity contribution < 1.29 is 4.79 Å². The molecule has 1 amide bonds. The number of unbranched alkanes of at least 4 members (excludes halogenated alkanes) is 1. The van der Waals surface area contributed by atoms with Crippen LogP contribution < -0.4 is 10.6 Å². The average Bonchev–Trinajstić information content (AvgIpc) is 2.47. The number of pyridine rings is 1. The number of hydrogen-bond donors (Lipinski definition) is 2. The van der Waals surface area contributed by atoms with Gasteiger partial charge in [0.05, 0.1) is 5.56 Å². The van der Waals surface area contributed by atoms with Gasteiger partial charge in [-0.25, -0.2) is 0 Å². The number of anilines is 1. The van der Waals surface area contributed by atoms with Gasteiger partial charge in [0.1, 0.15) is 0 Å². The molecule has 0 bridgehead atoms. The summed E-state index contributed by atoms with van der Waals surface area (Å²) in [6.45, 7) is 5.11. The minimum absolute atomic E-state index is 0.0487. The second-order valence-corrected chi connectivity index (χ2v) is 4.80. The van der Waals surface area contributed by atoms with E-state index in [1.807, 2.05) is 13.1 Å². The monoisotopic (exact) mass is 263 g/mol. The molecule has 0 aromatic carbocycles. The largest absolute Gasteiger partial charge is 0.387 e. The molecule has 19 heavy (non-hydrogen) atoms. The number of carbonyl (C=O) groups is 1. The maximum Gasteiger partial charge on any atom is 0.254 e. The molecule has 1 aromatic rings. The third kappa shape index (κ3) is 4.89. The van der Waals surface area contributed by atoms with Crippen molar-refractivity contribution in [3.8, 4) is 0 Å². The van der Waals surface area contributed by atoms with Gasteiger partial charge in [-0.15, -0.1) is 0 Å². The predicted octanol–water partition coefficient (Wildman–Crippen LogP) is 3.07. The number of aromatic nitrogens is 1. The van der Waals surface area contributed by atoms with Crippen molar-refractivity contribution in [2.24, 2.45) is 5.92 Å². The molecule has 2 N–H and O–H groups in total. The molecule has 106 valence electrons. The summed E-state index contributed by atoms with van der Waals surface area (Å²) in [6, 6.07) is 1.81. The molecular formula is C15H25N3O. The number of nitrogens with one attached hydrogen (secondary N) is 2. The molecule has 1 rings (SSSR count). The van der Waals surface area contributed by atoms with E-state index in [2.05, 4.69) is 29.5 Å². The summed E-state index contributed by atoms with van der Waals surface area (Å²) >= 11 is 0. The van der Waals surface area contributed by atoms with Gasteiger partial charge in [-0.2, -0.15) is 0 Å². The third-order valence-electron chi connectivity index (χ3n) is 3.43. The minimum Gasteiger partial charge on any atom is -0.387 e. The highest BCUT2D eigenvalue weighted by molar-refractivity contribution is 5.99. The van der Waals surface area contributed by atoms with E-state index in [1.54, 1.807) is 12.4 Å². The molecule has 4 heteroatoms. The van der Waals surface area contributed by atoms with Crippen LogP contribution in [0.4, 0.5) is 5.69 Å². The van der Waals surface area contributed by atoms with Gasteiger partial charge in [0.25, 0.3) is 5.91 Å². The maximum absolute atomic E-state index is 12.1. The Morgan fingerprint density at radius 2 is 2.21 bits per heavy atom. The predicted molar refractivity (Wildman–Crippen MR) is 79.4 cm³/mol. The first-order valence-corrected chi connectivity index (χ1v) is 7.12. The first-order chi connectivity index (χ1) is 9.22. The van der Waals surface area contributed by atoms with Gasteiger partial charge in [-0.3, -0.25) is 9.78 Å². The average molecular weight is 263 g/mol. The van der Waals surface area contributed by atoms with Crippen LogP contribution in [-0.2, 0) is 0 Å². The van der Waals surface area contributed by atoms with Gasteiger partial charge >= 0.3 is 0 Å². The fraction of sp³-hybridized carbons (Fsp3) is 0.600. The summed E-state index contributed by atoms with van der Waals surface area (Å²) in [6.07, 6.45) is 8.00. The zero-order valence-corrected chi connectivity index (χ0v) is 12.2. The molecule has 1 unspecified atom stereocenters. The number of nitrogens with zero attached hydrogens (tertiary/aromatic N) is 1. The summed E-state index contributed by atoms with van der Waals surface area (Å²) in [4.78, 5) is 16.1. The van der Waals surface area contributed by atoms with Crippen molar-refractivity contribution in [2.45, 2.75) is 39.5 Å². The number of carbonyl (C=O) groups excluding carboxylic acids is 1. The molecule has 1 atom stereocenters. The first kappa shape index (κ1) is 15.5. The van der Waals surface area contributed by atoms with Gasteiger partial charge in [-0.05, 0) is 18.4 Å². The van der Waals surface area contributed by atoms with E-state index >= 15 is 0 Å². The smallest absolute Gasteiger partial charge is 0.254 e. The van der Waals surface area contributed by atoms with Crippen molar-refractivity contribution in [3.05, 3.63) is 24.0 Å². The lowest BCUT2D eigenvalue weighted by Gasteiger charge is -2.16. The van der Waals surface area contributed by atoms with E-state index in [1.165, 1.54) is 19.3 Å². The Hall–Kier alpha value is -1.58. The summed E-state index contributed by atoms with van der Waals surface area (Å²) in [5, 5.41) is 6.03. The second kappa shape index (κ2) is 8.51. The van der Waals surface area contributed by atoms with Crippen LogP contribution in [0.3, 0.4) is 0 Å². The van der Waals surface area contributed by atoms with E-state index in [0.29, 0.717) is 11.5 Å². The van der Waals surface area contributed by atoms with Gasteiger partial charge < -0.3 is 10.6 Å². The number of amides is 1. The Morgan fingerprint density at radius 1 is 1.42 bits per heavy atom. The number of hydrogen-bond acceptors (Lipinski definition) is 3. The zero-order chi connectivity index (χ0) is 14.1. The van der Waals surface area contributed by atoms with Gasteiger partial charge in [0.2, 0.25) is 0 Å². The summed E-state index contributed by atoms with van der Waals surface area (Å²) in [5.74, 6) is 0.519. The zero-order valence-electron chi connectivity index (χ0n) is 12.2. The topological polar surface area (TPSA) is 54.0 Å². The van der Waals surface area contributed by atoms with E-state index in [9.17, 15) is 4.79 Å². The van der Waals surface area contributed by atoms with Crippen molar-refractivity contribution in [3.63, 3.8) is 0 Å². The van der Waals surface area contributed by atoms with E-state index < -0.39 is 0 Å². The second-order valence-electron chi connectivity index (χ2n) is 4.80. The van der Waals surface area contributed by atoms with Gasteiger partial charge in [0.15, 0.2) is 0 Å². The molecule has 1 aromatic heterocycles. The van der Waals surface area contributed by atoms with Crippen LogP contribution in [0.5, 0.6) is 0 Å². The Labute approximate surface area is 116 Å². The van der Waals surface area contributed by atoms with Crippen LogP contribution in [0.1, 0.15) is 49.9 Å². The molecule has 0 fully saturated rings. The molecule has 0 aliphatic heterocycles.